The molecule has 1 N–H and O–H groups in total. The third kappa shape index (κ3) is 26.8. The smallest absolute Gasteiger partial charge is 0.389 e. The Bertz CT molecular complexity index is 427. The Morgan fingerprint density at radius 3 is 1.82 bits per heavy atom. The van der Waals surface area contributed by atoms with Crippen molar-refractivity contribution in [1.29, 1.82) is 0 Å². The molecular weight excluding hydrogens is 383 g/mol. The maximum absolute atomic E-state index is 11.4. The van der Waals surface area contributed by atoms with Gasteiger partial charge in [0.1, 0.15) is 0 Å². The molecule has 6 heteroatoms. The number of hydrogen-bond acceptors (Lipinski definition) is 3. The molecule has 0 spiro atoms. The van der Waals surface area contributed by atoms with Crippen molar-refractivity contribution in [2.45, 2.75) is 73.6 Å². The SMILES string of the molecule is C#C.C=C.CC.CC=NC(=C\SC)/C=C(\C)[C@@H](O)CC.CCC(C)C(F)(F)F. The predicted octanol–water partition coefficient (Wildman–Crippen LogP) is 7.67. The van der Waals surface area contributed by atoms with Crippen LogP contribution in [0.3, 0.4) is 0 Å². The van der Waals surface area contributed by atoms with E-state index in [1.807, 2.05) is 52.4 Å². The van der Waals surface area contributed by atoms with Gasteiger partial charge in [0.2, 0.25) is 0 Å². The molecule has 28 heavy (non-hydrogen) atoms. The number of hydrogen-bond donors (Lipinski definition) is 1. The second-order valence-corrected chi connectivity index (χ2v) is 5.54. The standard InChI is InChI=1S/C11H19NOS.C5H9F3.C2H6.C2H4.C2H2/c1-5-11(13)9(3)7-10(8-14-4)12-6-2;1-3-4(2)5(6,7)8;3*1-2/h6-8,11,13H,5H2,1-4H3;4H,3H2,1-2H3;1-2H3;1-2H2;1-2H/b9-7+,10-8-,12-6?;;;;/t11-;;;;/m0..../s1. The van der Waals surface area contributed by atoms with Gasteiger partial charge in [0.15, 0.2) is 0 Å². The maximum atomic E-state index is 11.4. The molecule has 2 nitrogen and oxygen atoms in total. The van der Waals surface area contributed by atoms with Gasteiger partial charge in [-0.3, -0.25) is 4.99 Å². The van der Waals surface area contributed by atoms with Crippen molar-refractivity contribution >= 4 is 18.0 Å². The van der Waals surface area contributed by atoms with Gasteiger partial charge in [0.05, 0.1) is 17.7 Å². The van der Waals surface area contributed by atoms with Crippen molar-refractivity contribution < 1.29 is 18.3 Å². The minimum Gasteiger partial charge on any atom is -0.389 e. The molecule has 0 heterocycles. The Morgan fingerprint density at radius 1 is 1.18 bits per heavy atom. The largest absolute Gasteiger partial charge is 0.391 e. The normalized spacial score (nSPS) is 13.2. The van der Waals surface area contributed by atoms with Gasteiger partial charge in [0.25, 0.3) is 0 Å². The highest BCUT2D eigenvalue weighted by Crippen LogP contribution is 2.27. The van der Waals surface area contributed by atoms with Crippen molar-refractivity contribution in [3.05, 3.63) is 35.9 Å². The molecule has 0 amide bonds. The van der Waals surface area contributed by atoms with E-state index in [9.17, 15) is 18.3 Å². The van der Waals surface area contributed by atoms with E-state index in [0.717, 1.165) is 17.7 Å². The average molecular weight is 424 g/mol. The van der Waals surface area contributed by atoms with Crippen LogP contribution in [0.2, 0.25) is 0 Å². The molecule has 0 bridgehead atoms. The van der Waals surface area contributed by atoms with Crippen LogP contribution in [0, 0.1) is 18.8 Å². The Hall–Kier alpha value is -1.45. The summed E-state index contributed by atoms with van der Waals surface area (Å²) < 4.78 is 34.3. The number of aliphatic hydroxyl groups is 1. The van der Waals surface area contributed by atoms with Gasteiger partial charge in [0, 0.05) is 6.21 Å². The molecule has 0 rings (SSSR count). The first-order valence-corrected chi connectivity index (χ1v) is 10.4. The number of terminal acetylenes is 1. The first kappa shape index (κ1) is 37.3. The van der Waals surface area contributed by atoms with Gasteiger partial charge in [-0.2, -0.15) is 13.2 Å². The van der Waals surface area contributed by atoms with E-state index >= 15 is 0 Å². The highest BCUT2D eigenvalue weighted by Gasteiger charge is 2.33. The van der Waals surface area contributed by atoms with Crippen LogP contribution in [0.5, 0.6) is 0 Å². The lowest BCUT2D eigenvalue weighted by molar-refractivity contribution is -0.170. The Labute approximate surface area is 176 Å². The fourth-order valence-corrected chi connectivity index (χ4v) is 1.62. The molecule has 1 unspecified atom stereocenters. The Morgan fingerprint density at radius 2 is 1.61 bits per heavy atom. The van der Waals surface area contributed by atoms with Crippen LogP contribution < -0.4 is 0 Å². The number of rotatable bonds is 6. The van der Waals surface area contributed by atoms with Gasteiger partial charge in [-0.15, -0.1) is 37.8 Å². The highest BCUT2D eigenvalue weighted by molar-refractivity contribution is 8.01. The summed E-state index contributed by atoms with van der Waals surface area (Å²) in [6.45, 7) is 18.5. The quantitative estimate of drug-likeness (QED) is 0.206. The first-order valence-electron chi connectivity index (χ1n) is 9.11. The minimum atomic E-state index is -3.99. The van der Waals surface area contributed by atoms with Crippen molar-refractivity contribution in [3.8, 4) is 12.8 Å². The Balaban J connectivity index is -0.000000107. The van der Waals surface area contributed by atoms with E-state index in [-0.39, 0.29) is 12.5 Å². The van der Waals surface area contributed by atoms with Crippen molar-refractivity contribution in [2.24, 2.45) is 10.9 Å². The number of allylic oxidation sites excluding steroid dienone is 1. The fraction of sp³-hybridized carbons (Fsp3) is 0.591. The molecule has 2 atom stereocenters. The number of thioether (sulfide) groups is 1. The maximum Gasteiger partial charge on any atom is 0.391 e. The van der Waals surface area contributed by atoms with E-state index < -0.39 is 12.1 Å². The number of alkyl halides is 3. The van der Waals surface area contributed by atoms with Gasteiger partial charge in [-0.05, 0) is 50.0 Å². The molecule has 166 valence electrons. The van der Waals surface area contributed by atoms with E-state index in [4.69, 9.17) is 0 Å². The molecule has 0 aromatic carbocycles. The van der Waals surface area contributed by atoms with Gasteiger partial charge < -0.3 is 5.11 Å². The Kier molecular flexibility index (Phi) is 37.0. The van der Waals surface area contributed by atoms with Crippen LogP contribution in [0.15, 0.2) is 40.9 Å². The van der Waals surface area contributed by atoms with Crippen LogP contribution >= 0.6 is 11.8 Å². The summed E-state index contributed by atoms with van der Waals surface area (Å²) in [6, 6.07) is 0. The molecule has 0 aliphatic rings. The summed E-state index contributed by atoms with van der Waals surface area (Å²) in [6.07, 6.45) is 10.2. The lowest BCUT2D eigenvalue weighted by Crippen LogP contribution is -2.18. The zero-order chi connectivity index (χ0) is 23.8. The fourth-order valence-electron chi connectivity index (χ4n) is 1.25. The van der Waals surface area contributed by atoms with Crippen LogP contribution in [-0.2, 0) is 0 Å². The number of aliphatic hydroxyl groups excluding tert-OH is 1. The van der Waals surface area contributed by atoms with Gasteiger partial charge in [-0.1, -0.05) is 34.6 Å². The number of nitrogens with zero attached hydrogens (tertiary/aromatic N) is 1. The third-order valence-electron chi connectivity index (χ3n) is 2.98. The molecule has 0 fully saturated rings. The minimum absolute atomic E-state index is 0.170. The van der Waals surface area contributed by atoms with E-state index in [1.54, 1.807) is 18.0 Å². The van der Waals surface area contributed by atoms with Crippen LogP contribution in [0.4, 0.5) is 13.2 Å². The molecule has 0 radical (unpaired) electrons. The van der Waals surface area contributed by atoms with Crippen LogP contribution in [0.25, 0.3) is 0 Å². The average Bonchev–Trinajstić information content (AvgIpc) is 2.71. The summed E-state index contributed by atoms with van der Waals surface area (Å²) in [4.78, 5) is 4.20. The highest BCUT2D eigenvalue weighted by atomic mass is 32.2. The predicted molar refractivity (Wildman–Crippen MR) is 124 cm³/mol. The molecule has 0 aliphatic heterocycles. The van der Waals surface area contributed by atoms with E-state index in [0.29, 0.717) is 0 Å². The molecule has 0 aromatic rings. The monoisotopic (exact) mass is 423 g/mol. The molecule has 0 saturated carbocycles. The van der Waals surface area contributed by atoms with E-state index in [2.05, 4.69) is 31.0 Å². The number of aliphatic imine (C=N–C) groups is 1. The third-order valence-corrected chi connectivity index (χ3v) is 3.45. The lowest BCUT2D eigenvalue weighted by Gasteiger charge is -2.11. The van der Waals surface area contributed by atoms with Crippen molar-refractivity contribution in [2.75, 3.05) is 6.26 Å². The van der Waals surface area contributed by atoms with Crippen molar-refractivity contribution in [3.63, 3.8) is 0 Å². The van der Waals surface area contributed by atoms with Crippen LogP contribution in [0.1, 0.15) is 61.3 Å². The zero-order valence-corrected chi connectivity index (χ0v) is 19.6. The van der Waals surface area contributed by atoms with Crippen molar-refractivity contribution in [1.82, 2.24) is 0 Å². The van der Waals surface area contributed by atoms with Gasteiger partial charge >= 0.3 is 6.18 Å². The molecule has 0 aliphatic carbocycles. The zero-order valence-electron chi connectivity index (χ0n) is 18.8. The lowest BCUT2D eigenvalue weighted by atomic mass is 10.1. The second kappa shape index (κ2) is 27.8. The first-order chi connectivity index (χ1) is 13.1. The van der Waals surface area contributed by atoms with E-state index in [1.165, 1.54) is 13.8 Å². The van der Waals surface area contributed by atoms with Crippen LogP contribution in [-0.4, -0.2) is 29.9 Å². The summed E-state index contributed by atoms with van der Waals surface area (Å²) in [7, 11) is 0. The van der Waals surface area contributed by atoms with Gasteiger partial charge in [-0.25, -0.2) is 0 Å². The molecular formula is C22H40F3NOS. The summed E-state index contributed by atoms with van der Waals surface area (Å²) in [5, 5.41) is 11.5. The topological polar surface area (TPSA) is 32.6 Å². The second-order valence-electron chi connectivity index (χ2n) is 4.83. The summed E-state index contributed by atoms with van der Waals surface area (Å²) >= 11 is 1.61. The summed E-state index contributed by atoms with van der Waals surface area (Å²) in [5.41, 5.74) is 1.85. The number of halogens is 3. The summed E-state index contributed by atoms with van der Waals surface area (Å²) in [5.74, 6) is -1.15. The molecule has 0 saturated heterocycles. The molecule has 0 aromatic heterocycles.